The van der Waals surface area contributed by atoms with Crippen LogP contribution in [0, 0.1) is 17.2 Å². The van der Waals surface area contributed by atoms with Gasteiger partial charge in [0, 0.05) is 18.6 Å². The van der Waals surface area contributed by atoms with Crippen molar-refractivity contribution in [3.8, 4) is 6.07 Å². The average Bonchev–Trinajstić information content (AvgIpc) is 2.30. The molecule has 6 nitrogen and oxygen atoms in total. The van der Waals surface area contributed by atoms with Crippen molar-refractivity contribution in [2.24, 2.45) is 5.92 Å². The first-order chi connectivity index (χ1) is 8.43. The van der Waals surface area contributed by atoms with Crippen LogP contribution in [0.25, 0.3) is 0 Å². The number of aliphatic carboxylic acids is 1. The number of carbonyl (C=O) groups is 2. The first-order valence-corrected chi connectivity index (χ1v) is 5.90. The lowest BCUT2D eigenvalue weighted by Gasteiger charge is -2.16. The van der Waals surface area contributed by atoms with Crippen LogP contribution < -0.4 is 10.6 Å². The molecule has 0 saturated carbocycles. The Morgan fingerprint density at radius 1 is 1.50 bits per heavy atom. The van der Waals surface area contributed by atoms with Crippen molar-refractivity contribution in [2.45, 2.75) is 19.9 Å². The largest absolute Gasteiger partial charge is 0.480 e. The summed E-state index contributed by atoms with van der Waals surface area (Å²) >= 11 is 5.39. The van der Waals surface area contributed by atoms with Crippen LogP contribution in [-0.4, -0.2) is 35.4 Å². The van der Waals surface area contributed by atoms with E-state index in [0.717, 1.165) is 6.20 Å². The summed E-state index contributed by atoms with van der Waals surface area (Å²) in [5, 5.41) is 22.7. The SMILES string of the molecule is CC(C)C(N/C=C(/C#N)C(=O)NCCCl)C(=O)O. The summed E-state index contributed by atoms with van der Waals surface area (Å²) in [5.74, 6) is -1.57. The topological polar surface area (TPSA) is 102 Å². The first kappa shape index (κ1) is 16.3. The molecule has 3 N–H and O–H groups in total. The predicted molar refractivity (Wildman–Crippen MR) is 66.8 cm³/mol. The number of hydrogen-bond acceptors (Lipinski definition) is 4. The fourth-order valence-electron chi connectivity index (χ4n) is 1.13. The summed E-state index contributed by atoms with van der Waals surface area (Å²) in [7, 11) is 0. The van der Waals surface area contributed by atoms with Crippen LogP contribution in [0.4, 0.5) is 0 Å². The number of rotatable bonds is 7. The molecule has 0 aromatic rings. The molecule has 0 aliphatic heterocycles. The number of carboxylic acids is 1. The van der Waals surface area contributed by atoms with Gasteiger partial charge in [0.25, 0.3) is 5.91 Å². The standard InChI is InChI=1S/C11H16ClN3O3/c1-7(2)9(11(17)18)15-6-8(5-13)10(16)14-4-3-12/h6-7,9,15H,3-4H2,1-2H3,(H,14,16)(H,17,18)/b8-6-. The van der Waals surface area contributed by atoms with Gasteiger partial charge in [-0.25, -0.2) is 4.79 Å². The lowest BCUT2D eigenvalue weighted by molar-refractivity contribution is -0.140. The van der Waals surface area contributed by atoms with Gasteiger partial charge in [-0.05, 0) is 5.92 Å². The predicted octanol–water partition coefficient (Wildman–Crippen LogP) is 0.448. The summed E-state index contributed by atoms with van der Waals surface area (Å²) in [6.45, 7) is 3.68. The van der Waals surface area contributed by atoms with Crippen LogP contribution in [0.2, 0.25) is 0 Å². The lowest BCUT2D eigenvalue weighted by atomic mass is 10.1. The first-order valence-electron chi connectivity index (χ1n) is 5.37. The zero-order valence-electron chi connectivity index (χ0n) is 10.2. The molecule has 0 bridgehead atoms. The Labute approximate surface area is 111 Å². The van der Waals surface area contributed by atoms with Gasteiger partial charge in [0.2, 0.25) is 0 Å². The minimum atomic E-state index is -1.04. The molecule has 18 heavy (non-hydrogen) atoms. The van der Waals surface area contributed by atoms with Crippen LogP contribution in [0.1, 0.15) is 13.8 Å². The molecule has 1 amide bonds. The number of halogens is 1. The van der Waals surface area contributed by atoms with Gasteiger partial charge in [-0.2, -0.15) is 5.26 Å². The van der Waals surface area contributed by atoms with Crippen molar-refractivity contribution >= 4 is 23.5 Å². The fraction of sp³-hybridized carbons (Fsp3) is 0.545. The van der Waals surface area contributed by atoms with E-state index < -0.39 is 17.9 Å². The minimum Gasteiger partial charge on any atom is -0.480 e. The highest BCUT2D eigenvalue weighted by Crippen LogP contribution is 2.02. The number of amides is 1. The van der Waals surface area contributed by atoms with Gasteiger partial charge < -0.3 is 15.7 Å². The molecule has 100 valence electrons. The molecule has 0 aliphatic rings. The maximum atomic E-state index is 11.4. The Morgan fingerprint density at radius 2 is 2.11 bits per heavy atom. The smallest absolute Gasteiger partial charge is 0.326 e. The van der Waals surface area contributed by atoms with E-state index in [2.05, 4.69) is 10.6 Å². The highest BCUT2D eigenvalue weighted by Gasteiger charge is 2.20. The number of nitrogens with zero attached hydrogens (tertiary/aromatic N) is 1. The molecule has 1 unspecified atom stereocenters. The second kappa shape index (κ2) is 8.37. The van der Waals surface area contributed by atoms with E-state index in [1.807, 2.05) is 0 Å². The van der Waals surface area contributed by atoms with Gasteiger partial charge in [-0.1, -0.05) is 13.8 Å². The van der Waals surface area contributed by atoms with Gasteiger partial charge in [-0.15, -0.1) is 11.6 Å². The van der Waals surface area contributed by atoms with Crippen molar-refractivity contribution in [1.82, 2.24) is 10.6 Å². The van der Waals surface area contributed by atoms with E-state index in [1.165, 1.54) is 0 Å². The molecule has 1 atom stereocenters. The maximum Gasteiger partial charge on any atom is 0.326 e. The highest BCUT2D eigenvalue weighted by atomic mass is 35.5. The molecule has 0 radical (unpaired) electrons. The van der Waals surface area contributed by atoms with E-state index in [4.69, 9.17) is 22.0 Å². The van der Waals surface area contributed by atoms with Gasteiger partial charge in [0.1, 0.15) is 17.7 Å². The average molecular weight is 274 g/mol. The minimum absolute atomic E-state index is 0.176. The fourth-order valence-corrected chi connectivity index (χ4v) is 1.22. The number of carboxylic acid groups (broad SMARTS) is 1. The van der Waals surface area contributed by atoms with E-state index in [1.54, 1.807) is 19.9 Å². The number of carbonyl (C=O) groups excluding carboxylic acids is 1. The van der Waals surface area contributed by atoms with E-state index in [-0.39, 0.29) is 23.9 Å². The van der Waals surface area contributed by atoms with Crippen molar-refractivity contribution < 1.29 is 14.7 Å². The van der Waals surface area contributed by atoms with Gasteiger partial charge in [-0.3, -0.25) is 4.79 Å². The number of nitrogens with one attached hydrogen (secondary N) is 2. The summed E-state index contributed by atoms with van der Waals surface area (Å²) in [5.41, 5.74) is -0.188. The lowest BCUT2D eigenvalue weighted by Crippen LogP contribution is -2.38. The Kier molecular flexibility index (Phi) is 7.56. The van der Waals surface area contributed by atoms with Gasteiger partial charge >= 0.3 is 5.97 Å². The quantitative estimate of drug-likeness (QED) is 0.355. The van der Waals surface area contributed by atoms with Crippen molar-refractivity contribution in [3.05, 3.63) is 11.8 Å². The van der Waals surface area contributed by atoms with Crippen molar-refractivity contribution in [3.63, 3.8) is 0 Å². The van der Waals surface area contributed by atoms with Crippen LogP contribution in [0.15, 0.2) is 11.8 Å². The monoisotopic (exact) mass is 273 g/mol. The van der Waals surface area contributed by atoms with Crippen LogP contribution >= 0.6 is 11.6 Å². The molecule has 0 heterocycles. The van der Waals surface area contributed by atoms with Crippen LogP contribution in [-0.2, 0) is 9.59 Å². The zero-order chi connectivity index (χ0) is 14.1. The van der Waals surface area contributed by atoms with Gasteiger partial charge in [0.05, 0.1) is 0 Å². The second-order valence-electron chi connectivity index (χ2n) is 3.84. The normalized spacial score (nSPS) is 12.7. The van der Waals surface area contributed by atoms with E-state index in [9.17, 15) is 9.59 Å². The zero-order valence-corrected chi connectivity index (χ0v) is 11.0. The third-order valence-corrected chi connectivity index (χ3v) is 2.27. The Balaban J connectivity index is 4.66. The summed E-state index contributed by atoms with van der Waals surface area (Å²) in [6, 6.07) is 0.842. The summed E-state index contributed by atoms with van der Waals surface area (Å²) in [6.07, 6.45) is 1.11. The highest BCUT2D eigenvalue weighted by molar-refractivity contribution is 6.18. The number of hydrogen-bond donors (Lipinski definition) is 3. The number of nitriles is 1. The Morgan fingerprint density at radius 3 is 2.50 bits per heavy atom. The Bertz CT molecular complexity index is 374. The molecule has 0 aliphatic carbocycles. The molecule has 0 aromatic carbocycles. The maximum absolute atomic E-state index is 11.4. The molecule has 0 fully saturated rings. The van der Waals surface area contributed by atoms with E-state index >= 15 is 0 Å². The molecule has 0 aromatic heterocycles. The second-order valence-corrected chi connectivity index (χ2v) is 4.22. The molecule has 0 rings (SSSR count). The van der Waals surface area contributed by atoms with Gasteiger partial charge in [0.15, 0.2) is 0 Å². The molecular weight excluding hydrogens is 258 g/mol. The summed E-state index contributed by atoms with van der Waals surface area (Å²) < 4.78 is 0. The third-order valence-electron chi connectivity index (χ3n) is 2.09. The molecular formula is C11H16ClN3O3. The molecule has 0 spiro atoms. The summed E-state index contributed by atoms with van der Waals surface area (Å²) in [4.78, 5) is 22.3. The van der Waals surface area contributed by atoms with Crippen LogP contribution in [0.3, 0.4) is 0 Å². The molecule has 7 heteroatoms. The molecule has 0 saturated heterocycles. The van der Waals surface area contributed by atoms with Crippen LogP contribution in [0.5, 0.6) is 0 Å². The number of alkyl halides is 1. The third kappa shape index (κ3) is 5.55. The van der Waals surface area contributed by atoms with Crippen molar-refractivity contribution in [2.75, 3.05) is 12.4 Å². The van der Waals surface area contributed by atoms with E-state index in [0.29, 0.717) is 0 Å². The van der Waals surface area contributed by atoms with Crippen molar-refractivity contribution in [1.29, 1.82) is 5.26 Å². The Hall–Kier alpha value is -1.74.